The number of nitrogens with zero attached hydrogens (tertiary/aromatic N) is 1. The first kappa shape index (κ1) is 36.6. The summed E-state index contributed by atoms with van der Waals surface area (Å²) >= 11 is 0. The quantitative estimate of drug-likeness (QED) is 0.185. The molecule has 0 bridgehead atoms. The van der Waals surface area contributed by atoms with Crippen molar-refractivity contribution in [1.82, 2.24) is 25.9 Å². The van der Waals surface area contributed by atoms with Gasteiger partial charge in [-0.3, -0.25) is 14.2 Å². The minimum Gasteiger partial charge on any atom is -0.444 e. The zero-order valence-corrected chi connectivity index (χ0v) is 28.5. The van der Waals surface area contributed by atoms with Crippen LogP contribution in [0.5, 0.6) is 0 Å². The fourth-order valence-electron chi connectivity index (χ4n) is 5.95. The van der Waals surface area contributed by atoms with Crippen LogP contribution in [0.3, 0.4) is 0 Å². The predicted octanol–water partition coefficient (Wildman–Crippen LogP) is 4.02. The van der Waals surface area contributed by atoms with E-state index >= 15 is 0 Å². The first-order valence-corrected chi connectivity index (χ1v) is 18.3. The highest BCUT2D eigenvalue weighted by molar-refractivity contribution is 7.53. The van der Waals surface area contributed by atoms with Gasteiger partial charge in [-0.15, -0.1) is 0 Å². The molecular weight excluding hydrogens is 625 g/mol. The molecule has 1 aromatic carbocycles. The zero-order chi connectivity index (χ0) is 33.9. The van der Waals surface area contributed by atoms with Crippen LogP contribution in [0.4, 0.5) is 4.79 Å². The predicted molar refractivity (Wildman–Crippen MR) is 176 cm³/mol. The lowest BCUT2D eigenvalue weighted by Gasteiger charge is -2.33. The molecule has 0 unspecified atom stereocenters. The average molecular weight is 676 g/mol. The van der Waals surface area contributed by atoms with E-state index in [1.807, 2.05) is 30.3 Å². The topological polar surface area (TPSA) is 181 Å². The number of carbonyl (C=O) groups is 3. The third-order valence-electron chi connectivity index (χ3n) is 8.28. The molecule has 0 radical (unpaired) electrons. The number of benzene rings is 1. The molecule has 47 heavy (non-hydrogen) atoms. The van der Waals surface area contributed by atoms with Crippen LogP contribution in [0.2, 0.25) is 0 Å². The van der Waals surface area contributed by atoms with E-state index in [0.717, 1.165) is 37.7 Å². The van der Waals surface area contributed by atoms with Crippen molar-refractivity contribution in [2.45, 2.75) is 108 Å². The van der Waals surface area contributed by atoms with Crippen LogP contribution in [-0.2, 0) is 40.8 Å². The van der Waals surface area contributed by atoms with Gasteiger partial charge in [-0.05, 0) is 45.1 Å². The lowest BCUT2D eigenvalue weighted by Crippen LogP contribution is -2.58. The number of rotatable bonds is 14. The number of alkyl carbamates (subject to hydrolysis) is 1. The largest absolute Gasteiger partial charge is 0.444 e. The van der Waals surface area contributed by atoms with Crippen molar-refractivity contribution in [3.05, 3.63) is 54.1 Å². The van der Waals surface area contributed by atoms with Gasteiger partial charge in [-0.2, -0.15) is 0 Å². The van der Waals surface area contributed by atoms with Crippen LogP contribution in [0, 0.1) is 5.92 Å². The molecule has 1 saturated carbocycles. The van der Waals surface area contributed by atoms with Crippen molar-refractivity contribution >= 4 is 25.5 Å². The van der Waals surface area contributed by atoms with Gasteiger partial charge in [0.15, 0.2) is 0 Å². The number of imidazole rings is 1. The highest BCUT2D eigenvalue weighted by atomic mass is 31.2. The molecule has 4 atom stereocenters. The fraction of sp³-hybridized carbons (Fsp3) is 0.636. The number of amides is 3. The van der Waals surface area contributed by atoms with Crippen molar-refractivity contribution in [2.75, 3.05) is 19.4 Å². The van der Waals surface area contributed by atoms with E-state index in [0.29, 0.717) is 18.5 Å². The second kappa shape index (κ2) is 17.2. The Hall–Kier alpha value is -3.25. The van der Waals surface area contributed by atoms with E-state index in [-0.39, 0.29) is 38.1 Å². The smallest absolute Gasteiger partial charge is 0.408 e. The van der Waals surface area contributed by atoms with E-state index in [4.69, 9.17) is 13.8 Å². The maximum atomic E-state index is 14.0. The lowest BCUT2D eigenvalue weighted by atomic mass is 9.83. The maximum absolute atomic E-state index is 14.0. The molecule has 260 valence electrons. The molecule has 2 aliphatic rings. The molecule has 13 nitrogen and oxygen atoms in total. The van der Waals surface area contributed by atoms with E-state index in [2.05, 4.69) is 25.9 Å². The van der Waals surface area contributed by atoms with Gasteiger partial charge in [0.2, 0.25) is 11.8 Å². The van der Waals surface area contributed by atoms with Gasteiger partial charge in [0.1, 0.15) is 17.7 Å². The summed E-state index contributed by atoms with van der Waals surface area (Å²) in [5, 5.41) is 19.8. The number of hydrogen-bond donors (Lipinski definition) is 5. The molecule has 0 spiro atoms. The molecule has 1 aliphatic heterocycles. The number of aromatic amines is 1. The molecule has 14 heteroatoms. The average Bonchev–Trinajstić information content (AvgIpc) is 3.53. The SMILES string of the molecule is CC(C)(C)OC(=O)N[C@@H](Cc1ccccc1)C(=O)N[C@@H](Cc1cnc[nH]1)C(=O)N[C@@H](CC1CCCCC1)[C@@H](O)CP1(=O)OCCCO1. The van der Waals surface area contributed by atoms with Crippen molar-refractivity contribution in [3.63, 3.8) is 0 Å². The summed E-state index contributed by atoms with van der Waals surface area (Å²) in [6.07, 6.45) is 7.36. The molecule has 2 heterocycles. The lowest BCUT2D eigenvalue weighted by molar-refractivity contribution is -0.131. The van der Waals surface area contributed by atoms with E-state index in [1.54, 1.807) is 27.0 Å². The Morgan fingerprint density at radius 1 is 0.979 bits per heavy atom. The Kier molecular flexibility index (Phi) is 13.4. The summed E-state index contributed by atoms with van der Waals surface area (Å²) in [5.74, 6) is -0.851. The van der Waals surface area contributed by atoms with Gasteiger partial charge >= 0.3 is 13.7 Å². The van der Waals surface area contributed by atoms with E-state index < -0.39 is 55.3 Å². The summed E-state index contributed by atoms with van der Waals surface area (Å²) < 4.78 is 29.5. The monoisotopic (exact) mass is 675 g/mol. The summed E-state index contributed by atoms with van der Waals surface area (Å²) in [4.78, 5) is 47.6. The van der Waals surface area contributed by atoms with Crippen LogP contribution in [0.15, 0.2) is 42.9 Å². The number of carbonyl (C=O) groups excluding carboxylic acids is 3. The fourth-order valence-corrected chi connectivity index (χ4v) is 7.76. The second-order valence-corrected chi connectivity index (χ2v) is 15.6. The number of aromatic nitrogens is 2. The molecule has 1 saturated heterocycles. The Morgan fingerprint density at radius 3 is 2.28 bits per heavy atom. The third kappa shape index (κ3) is 12.4. The molecule has 3 amide bonds. The van der Waals surface area contributed by atoms with Gasteiger partial charge in [-0.25, -0.2) is 9.78 Å². The van der Waals surface area contributed by atoms with Crippen molar-refractivity contribution in [2.24, 2.45) is 5.92 Å². The normalized spacial score (nSPS) is 19.5. The number of nitrogens with one attached hydrogen (secondary N) is 4. The van der Waals surface area contributed by atoms with E-state index in [1.165, 1.54) is 6.33 Å². The summed E-state index contributed by atoms with van der Waals surface area (Å²) in [6, 6.07) is 6.30. The first-order valence-electron chi connectivity index (χ1n) is 16.6. The standard InChI is InChI=1S/C33H50N5O8P/c1-33(2,3)46-32(42)38-27(18-24-13-8-5-9-14-24)30(40)37-28(19-25-20-34-22-35-25)31(41)36-26(17-23-11-6-4-7-12-23)29(39)21-47(43)44-15-10-16-45-47/h5,8-9,13-14,20,22-23,26-29,39H,4,6-7,10-12,15-19,21H2,1-3H3,(H,34,35)(H,36,41)(H,37,40)(H,38,42)/t26-,27-,28-,29-/m0/s1. The number of H-pyrrole nitrogens is 1. The highest BCUT2D eigenvalue weighted by Crippen LogP contribution is 2.51. The molecule has 1 aliphatic carbocycles. The van der Waals surface area contributed by atoms with Crippen molar-refractivity contribution in [3.8, 4) is 0 Å². The zero-order valence-electron chi connectivity index (χ0n) is 27.6. The van der Waals surface area contributed by atoms with Gasteiger partial charge in [0.05, 0.1) is 37.8 Å². The maximum Gasteiger partial charge on any atom is 0.408 e. The third-order valence-corrected chi connectivity index (χ3v) is 10.3. The summed E-state index contributed by atoms with van der Waals surface area (Å²) in [7, 11) is -3.52. The van der Waals surface area contributed by atoms with Crippen LogP contribution in [0.25, 0.3) is 0 Å². The van der Waals surface area contributed by atoms with Crippen LogP contribution in [-0.4, -0.2) is 82.2 Å². The van der Waals surface area contributed by atoms with Gasteiger partial charge in [-0.1, -0.05) is 62.4 Å². The van der Waals surface area contributed by atoms with Crippen LogP contribution in [0.1, 0.15) is 77.0 Å². The molecule has 2 aromatic rings. The van der Waals surface area contributed by atoms with Crippen LogP contribution < -0.4 is 16.0 Å². The number of aliphatic hydroxyl groups is 1. The Bertz CT molecular complexity index is 1320. The number of ether oxygens (including phenoxy) is 1. The van der Waals surface area contributed by atoms with Gasteiger partial charge in [0.25, 0.3) is 0 Å². The molecule has 5 N–H and O–H groups in total. The highest BCUT2D eigenvalue weighted by Gasteiger charge is 2.37. The summed E-state index contributed by atoms with van der Waals surface area (Å²) in [6.45, 7) is 5.74. The second-order valence-electron chi connectivity index (χ2n) is 13.5. The molecule has 2 fully saturated rings. The summed E-state index contributed by atoms with van der Waals surface area (Å²) in [5.41, 5.74) is 0.618. The molecular formula is C33H50N5O8P. The number of hydrogen-bond acceptors (Lipinski definition) is 9. The minimum atomic E-state index is -3.52. The molecule has 1 aromatic heterocycles. The van der Waals surface area contributed by atoms with Gasteiger partial charge < -0.3 is 39.8 Å². The number of aliphatic hydroxyl groups excluding tert-OH is 1. The van der Waals surface area contributed by atoms with Crippen molar-refractivity contribution < 1.29 is 37.8 Å². The Morgan fingerprint density at radius 2 is 1.64 bits per heavy atom. The van der Waals surface area contributed by atoms with E-state index in [9.17, 15) is 24.1 Å². The van der Waals surface area contributed by atoms with Crippen LogP contribution >= 0.6 is 7.60 Å². The Labute approximate surface area is 276 Å². The first-order chi connectivity index (χ1) is 22.4. The minimum absolute atomic E-state index is 0.0685. The molecule has 4 rings (SSSR count). The Balaban J connectivity index is 1.54. The van der Waals surface area contributed by atoms with Gasteiger partial charge in [0, 0.05) is 24.7 Å². The van der Waals surface area contributed by atoms with Crippen molar-refractivity contribution in [1.29, 1.82) is 0 Å².